The number of alkyl halides is 3. The van der Waals surface area contributed by atoms with Gasteiger partial charge in [-0.15, -0.1) is 0 Å². The van der Waals surface area contributed by atoms with E-state index < -0.39 is 18.3 Å². The topological polar surface area (TPSA) is 52.1 Å². The van der Waals surface area contributed by atoms with Crippen molar-refractivity contribution < 1.29 is 23.0 Å². The first-order valence-corrected chi connectivity index (χ1v) is 6.27. The van der Waals surface area contributed by atoms with Crippen molar-refractivity contribution in [3.63, 3.8) is 0 Å². The van der Waals surface area contributed by atoms with Crippen molar-refractivity contribution in [2.45, 2.75) is 32.2 Å². The van der Waals surface area contributed by atoms with Gasteiger partial charge in [-0.25, -0.2) is 9.30 Å². The van der Waals surface area contributed by atoms with Crippen LogP contribution in [0, 0.1) is 19.1 Å². The van der Waals surface area contributed by atoms with Crippen molar-refractivity contribution in [3.05, 3.63) is 58.8 Å². The van der Waals surface area contributed by atoms with Gasteiger partial charge < -0.3 is 10.3 Å². The van der Waals surface area contributed by atoms with Crippen molar-refractivity contribution >= 4 is 0 Å². The smallest absolute Gasteiger partial charge is 0.425 e. The van der Waals surface area contributed by atoms with Gasteiger partial charge in [-0.3, -0.25) is 0 Å². The first-order chi connectivity index (χ1) is 9.67. The van der Waals surface area contributed by atoms with E-state index >= 15 is 0 Å². The van der Waals surface area contributed by atoms with Gasteiger partial charge in [0.15, 0.2) is 0 Å². The lowest BCUT2D eigenvalue weighted by molar-refractivity contribution is -0.611. The Labute approximate surface area is 119 Å². The van der Waals surface area contributed by atoms with Crippen molar-refractivity contribution in [2.75, 3.05) is 0 Å². The number of nitrogens with zero attached hydrogens (tertiary/aromatic N) is 2. The average molecular weight is 300 g/mol. The van der Waals surface area contributed by atoms with E-state index in [9.17, 15) is 23.5 Å². The Kier molecular flexibility index (Phi) is 3.71. The molecule has 1 aromatic heterocycles. The fraction of sp³-hybridized carbons (Fsp3) is 0.357. The summed E-state index contributed by atoms with van der Waals surface area (Å²) in [5.74, 6) is 0. The Balaban J connectivity index is 2.50. The molecule has 1 N–H and O–H groups in total. The first-order valence-electron chi connectivity index (χ1n) is 6.27. The highest BCUT2D eigenvalue weighted by Gasteiger charge is 2.56. The number of rotatable bonds is 3. The highest BCUT2D eigenvalue weighted by atomic mass is 19.4. The Hall–Kier alpha value is -2.02. The highest BCUT2D eigenvalue weighted by molar-refractivity contribution is 5.24. The van der Waals surface area contributed by atoms with Gasteiger partial charge in [-0.2, -0.15) is 13.2 Å². The van der Waals surface area contributed by atoms with Gasteiger partial charge >= 0.3 is 6.18 Å². The summed E-state index contributed by atoms with van der Waals surface area (Å²) in [7, 11) is 0. The summed E-state index contributed by atoms with van der Waals surface area (Å²) >= 11 is 0. The molecule has 114 valence electrons. The zero-order chi connectivity index (χ0) is 15.8. The normalized spacial score (nSPS) is 15.0. The van der Waals surface area contributed by atoms with Crippen LogP contribution in [-0.2, 0) is 12.1 Å². The van der Waals surface area contributed by atoms with Gasteiger partial charge in [0.05, 0.1) is 0 Å². The number of benzene rings is 1. The number of aromatic nitrogens is 2. The molecule has 0 amide bonds. The van der Waals surface area contributed by atoms with Gasteiger partial charge in [-0.1, -0.05) is 30.3 Å². The molecule has 2 aromatic rings. The fourth-order valence-electron chi connectivity index (χ4n) is 2.13. The molecule has 0 aliphatic carbocycles. The minimum Gasteiger partial charge on any atom is -0.711 e. The second-order valence-electron chi connectivity index (χ2n) is 4.96. The highest BCUT2D eigenvalue weighted by Crippen LogP contribution is 2.40. The van der Waals surface area contributed by atoms with Crippen LogP contribution >= 0.6 is 0 Å². The van der Waals surface area contributed by atoms with Crippen LogP contribution in [0.1, 0.15) is 17.0 Å². The zero-order valence-corrected chi connectivity index (χ0v) is 11.6. The second kappa shape index (κ2) is 5.07. The van der Waals surface area contributed by atoms with Gasteiger partial charge in [0.2, 0.25) is 11.9 Å². The number of halogens is 3. The Morgan fingerprint density at radius 1 is 1.19 bits per heavy atom. The van der Waals surface area contributed by atoms with Crippen LogP contribution in [-0.4, -0.2) is 15.8 Å². The van der Waals surface area contributed by atoms with Crippen LogP contribution < -0.4 is 4.73 Å². The van der Waals surface area contributed by atoms with Crippen LogP contribution in [0.5, 0.6) is 0 Å². The van der Waals surface area contributed by atoms with Crippen LogP contribution in [0.25, 0.3) is 0 Å². The molecule has 21 heavy (non-hydrogen) atoms. The molecule has 1 aromatic carbocycles. The van der Waals surface area contributed by atoms with Gasteiger partial charge in [0.25, 0.3) is 0 Å². The molecule has 0 bridgehead atoms. The van der Waals surface area contributed by atoms with Crippen molar-refractivity contribution in [1.29, 1.82) is 0 Å². The maximum absolute atomic E-state index is 13.4. The predicted octanol–water partition coefficient (Wildman–Crippen LogP) is 2.19. The van der Waals surface area contributed by atoms with Crippen LogP contribution in [0.4, 0.5) is 13.2 Å². The molecule has 1 unspecified atom stereocenters. The summed E-state index contributed by atoms with van der Waals surface area (Å²) < 4.78 is 41.7. The van der Waals surface area contributed by atoms with E-state index in [1.807, 2.05) is 0 Å². The van der Waals surface area contributed by atoms with Crippen molar-refractivity contribution in [1.82, 2.24) is 4.57 Å². The van der Waals surface area contributed by atoms with E-state index in [0.717, 1.165) is 10.9 Å². The lowest BCUT2D eigenvalue weighted by Crippen LogP contribution is -2.46. The van der Waals surface area contributed by atoms with Gasteiger partial charge in [0.1, 0.15) is 17.9 Å². The maximum atomic E-state index is 13.4. The monoisotopic (exact) mass is 300 g/mol. The Morgan fingerprint density at radius 2 is 1.76 bits per heavy atom. The van der Waals surface area contributed by atoms with Crippen LogP contribution in [0.3, 0.4) is 0 Å². The number of hydrogen-bond acceptors (Lipinski definition) is 2. The molecule has 0 aliphatic rings. The maximum Gasteiger partial charge on any atom is 0.425 e. The molecular formula is C14H15F3N2O2. The van der Waals surface area contributed by atoms with Crippen LogP contribution in [0.2, 0.25) is 0 Å². The number of imidazole rings is 1. The third kappa shape index (κ3) is 2.61. The minimum atomic E-state index is -4.87. The standard InChI is InChI=1S/C14H15F3N2O2/c1-10-11(2)19(21)9-18(10)8-13(20,14(15,16)17)12-6-4-3-5-7-12/h3-7,9,20H,8H2,1-2H3. The van der Waals surface area contributed by atoms with Gasteiger partial charge in [-0.05, 0) is 5.56 Å². The fourth-order valence-corrected chi connectivity index (χ4v) is 2.13. The van der Waals surface area contributed by atoms with E-state index in [4.69, 9.17) is 0 Å². The SMILES string of the molecule is Cc1c(C)[n+]([O-])cn1CC(O)(c1ccccc1)C(F)(F)F. The summed E-state index contributed by atoms with van der Waals surface area (Å²) in [5, 5.41) is 21.7. The van der Waals surface area contributed by atoms with E-state index in [0.29, 0.717) is 16.1 Å². The molecule has 0 radical (unpaired) electrons. The molecule has 7 heteroatoms. The van der Waals surface area contributed by atoms with Crippen LogP contribution in [0.15, 0.2) is 36.7 Å². The van der Waals surface area contributed by atoms with Crippen molar-refractivity contribution in [3.8, 4) is 0 Å². The summed E-state index contributed by atoms with van der Waals surface area (Å²) in [4.78, 5) is 0. The molecule has 0 spiro atoms. The third-order valence-electron chi connectivity index (χ3n) is 3.65. The van der Waals surface area contributed by atoms with E-state index in [-0.39, 0.29) is 5.56 Å². The zero-order valence-electron chi connectivity index (χ0n) is 11.6. The molecule has 0 fully saturated rings. The summed E-state index contributed by atoms with van der Waals surface area (Å²) in [5.41, 5.74) is -2.64. The molecule has 0 saturated carbocycles. The molecular weight excluding hydrogens is 285 g/mol. The number of aliphatic hydroxyl groups is 1. The minimum absolute atomic E-state index is 0.263. The van der Waals surface area contributed by atoms with E-state index in [1.54, 1.807) is 6.07 Å². The predicted molar refractivity (Wildman–Crippen MR) is 69.3 cm³/mol. The molecule has 1 heterocycles. The Morgan fingerprint density at radius 3 is 2.19 bits per heavy atom. The Bertz CT molecular complexity index is 638. The second-order valence-corrected chi connectivity index (χ2v) is 4.96. The van der Waals surface area contributed by atoms with E-state index in [2.05, 4.69) is 0 Å². The lowest BCUT2D eigenvalue weighted by atomic mass is 9.93. The average Bonchev–Trinajstić information content (AvgIpc) is 2.66. The third-order valence-corrected chi connectivity index (χ3v) is 3.65. The molecule has 0 aliphatic heterocycles. The molecule has 1 atom stereocenters. The molecule has 0 saturated heterocycles. The lowest BCUT2D eigenvalue weighted by Gasteiger charge is -2.29. The quantitative estimate of drug-likeness (QED) is 0.698. The summed E-state index contributed by atoms with van der Waals surface area (Å²) in [6, 6.07) is 6.84. The summed E-state index contributed by atoms with van der Waals surface area (Å²) in [6.45, 7) is 2.27. The van der Waals surface area contributed by atoms with E-state index in [1.165, 1.54) is 38.1 Å². The van der Waals surface area contributed by atoms with Gasteiger partial charge in [0, 0.05) is 13.8 Å². The first kappa shape index (κ1) is 15.4. The van der Waals surface area contributed by atoms with Crippen molar-refractivity contribution in [2.24, 2.45) is 0 Å². The largest absolute Gasteiger partial charge is 0.711 e. The summed E-state index contributed by atoms with van der Waals surface area (Å²) in [6.07, 6.45) is -3.86. The molecule has 4 nitrogen and oxygen atoms in total. The molecule has 2 rings (SSSR count). The number of hydrogen-bond donors (Lipinski definition) is 1.